The fraction of sp³-hybridized carbons (Fsp3) is 0.467. The first-order valence-corrected chi connectivity index (χ1v) is 14.2. The van der Waals surface area contributed by atoms with Gasteiger partial charge in [0.1, 0.15) is 0 Å². The minimum absolute atomic E-state index is 0. The summed E-state index contributed by atoms with van der Waals surface area (Å²) in [5.74, 6) is 1.33. The first-order valence-electron chi connectivity index (χ1n) is 12.8. The molecule has 5 rings (SSSR count). The second-order valence-corrected chi connectivity index (χ2v) is 12.3. The van der Waals surface area contributed by atoms with Crippen LogP contribution in [0.25, 0.3) is 11.1 Å². The van der Waals surface area contributed by atoms with Gasteiger partial charge in [-0.15, -0.1) is 35.2 Å². The van der Waals surface area contributed by atoms with Crippen molar-refractivity contribution in [2.24, 2.45) is 11.8 Å². The molecule has 0 aliphatic carbocycles. The van der Waals surface area contributed by atoms with E-state index in [-0.39, 0.29) is 27.6 Å². The quantitative estimate of drug-likeness (QED) is 0.218. The molecule has 0 spiro atoms. The number of hydrogen-bond acceptors (Lipinski definition) is 2. The zero-order chi connectivity index (χ0) is 24.2. The van der Waals surface area contributed by atoms with Crippen molar-refractivity contribution >= 4 is 18.5 Å². The molecule has 2 aliphatic heterocycles. The molecule has 0 bridgehead atoms. The topological polar surface area (TPSA) is 24.1 Å². The van der Waals surface area contributed by atoms with Gasteiger partial charge in [-0.25, -0.2) is 0 Å². The number of nitrogens with one attached hydrogen (secondary N) is 2. The monoisotopic (exact) mass is 548 g/mol. The number of hydrogen-bond donors (Lipinski definition) is 2. The van der Waals surface area contributed by atoms with Crippen LogP contribution in [0, 0.1) is 11.8 Å². The van der Waals surface area contributed by atoms with Crippen molar-refractivity contribution < 1.29 is 17.1 Å². The summed E-state index contributed by atoms with van der Waals surface area (Å²) in [4.78, 5) is 0. The Morgan fingerprint density at radius 1 is 0.914 bits per heavy atom. The van der Waals surface area contributed by atoms with E-state index in [1.54, 1.807) is 11.1 Å². The predicted molar refractivity (Wildman–Crippen MR) is 155 cm³/mol. The van der Waals surface area contributed by atoms with E-state index in [0.717, 1.165) is 32.3 Å². The Balaban J connectivity index is 0.000000509. The SMILES string of the molecule is CC(C)(C)[c-]1c(-c2ccccc2)cc(CP)c1C(P)(C1CCNC1)C1CCNC1.[Fe].[cH-]1[cH-][cH-][cH-][cH-]1. The van der Waals surface area contributed by atoms with Crippen LogP contribution in [0.3, 0.4) is 0 Å². The van der Waals surface area contributed by atoms with Crippen molar-refractivity contribution in [2.75, 3.05) is 26.2 Å². The molecule has 2 N–H and O–H groups in total. The second-order valence-electron chi connectivity index (χ2n) is 10.9. The molecule has 2 nitrogen and oxygen atoms in total. The van der Waals surface area contributed by atoms with Crippen LogP contribution in [-0.4, -0.2) is 26.2 Å². The van der Waals surface area contributed by atoms with E-state index in [1.165, 1.54) is 29.5 Å². The molecule has 4 atom stereocenters. The molecule has 5 heteroatoms. The fourth-order valence-electron chi connectivity index (χ4n) is 6.08. The smallest absolute Gasteiger partial charge is 0.000935 e. The summed E-state index contributed by atoms with van der Waals surface area (Å²) in [5, 5.41) is 7.45. The molecular formula is C30H42FeN2P2-6. The summed E-state index contributed by atoms with van der Waals surface area (Å²) >= 11 is 0. The van der Waals surface area contributed by atoms with Gasteiger partial charge in [0, 0.05) is 22.2 Å². The third-order valence-corrected chi connectivity index (χ3v) is 9.35. The molecule has 2 aliphatic rings. The van der Waals surface area contributed by atoms with Crippen LogP contribution in [0.1, 0.15) is 50.3 Å². The van der Waals surface area contributed by atoms with Gasteiger partial charge in [-0.2, -0.15) is 11.6 Å². The third kappa shape index (κ3) is 6.21. The average Bonchev–Trinajstić information content (AvgIpc) is 3.66. The Kier molecular flexibility index (Phi) is 10.4. The van der Waals surface area contributed by atoms with E-state index in [0.29, 0.717) is 11.8 Å². The summed E-state index contributed by atoms with van der Waals surface area (Å²) in [6.07, 6.45) is 3.55. The van der Waals surface area contributed by atoms with Crippen molar-refractivity contribution in [1.82, 2.24) is 10.6 Å². The van der Waals surface area contributed by atoms with Gasteiger partial charge in [0.15, 0.2) is 0 Å². The van der Waals surface area contributed by atoms with Gasteiger partial charge < -0.3 is 41.0 Å². The van der Waals surface area contributed by atoms with Crippen LogP contribution >= 0.6 is 18.5 Å². The van der Waals surface area contributed by atoms with Crippen molar-refractivity contribution in [3.8, 4) is 11.1 Å². The molecule has 2 saturated heterocycles. The van der Waals surface area contributed by atoms with E-state index in [4.69, 9.17) is 0 Å². The summed E-state index contributed by atoms with van der Waals surface area (Å²) in [6, 6.07) is 23.5. The molecule has 196 valence electrons. The minimum Gasteiger partial charge on any atom is -0.748 e. The predicted octanol–water partition coefficient (Wildman–Crippen LogP) is 6.44. The van der Waals surface area contributed by atoms with Crippen molar-refractivity contribution in [2.45, 2.75) is 50.3 Å². The van der Waals surface area contributed by atoms with Crippen LogP contribution in [0.2, 0.25) is 0 Å². The first-order chi connectivity index (χ1) is 16.4. The molecule has 0 radical (unpaired) electrons. The molecule has 0 aromatic heterocycles. The van der Waals surface area contributed by atoms with Gasteiger partial charge in [0.05, 0.1) is 0 Å². The van der Waals surface area contributed by atoms with Gasteiger partial charge in [-0.05, 0) is 56.3 Å². The molecule has 0 amide bonds. The largest absolute Gasteiger partial charge is 0.748 e. The van der Waals surface area contributed by atoms with Crippen LogP contribution in [0.15, 0.2) is 66.7 Å². The second kappa shape index (κ2) is 12.6. The van der Waals surface area contributed by atoms with Crippen LogP contribution in [0.5, 0.6) is 0 Å². The minimum atomic E-state index is 0. The molecule has 3 aromatic rings. The van der Waals surface area contributed by atoms with Crippen LogP contribution in [-0.2, 0) is 33.8 Å². The van der Waals surface area contributed by atoms with E-state index in [1.807, 2.05) is 30.3 Å². The summed E-state index contributed by atoms with van der Waals surface area (Å²) in [6.45, 7) is 11.8. The van der Waals surface area contributed by atoms with Crippen molar-refractivity contribution in [3.63, 3.8) is 0 Å². The standard InChI is InChI=1S/C25H37N2P2.C5H5.Fe/c1-24(2,3)23-21(17-7-5-4-6-8-17)13-18(16-28)22(23)25(29,19-9-11-26-14-19)20-10-12-27-15-20;1-2-4-5-3-1;/h4-8,13,19-20,26-27H,9-12,14-16,28-29H2,1-3H3;1-5H;/q-1;-5;. The summed E-state index contributed by atoms with van der Waals surface area (Å²) in [7, 11) is 6.45. The van der Waals surface area contributed by atoms with Crippen LogP contribution in [0.4, 0.5) is 0 Å². The Labute approximate surface area is 228 Å². The van der Waals surface area contributed by atoms with Crippen molar-refractivity contribution in [1.29, 1.82) is 0 Å². The zero-order valence-electron chi connectivity index (χ0n) is 21.5. The molecular weight excluding hydrogens is 506 g/mol. The Bertz CT molecular complexity index is 976. The fourth-order valence-corrected chi connectivity index (χ4v) is 7.30. The van der Waals surface area contributed by atoms with Crippen LogP contribution < -0.4 is 10.6 Å². The number of benzene rings is 1. The van der Waals surface area contributed by atoms with E-state index < -0.39 is 0 Å². The summed E-state index contributed by atoms with van der Waals surface area (Å²) < 4.78 is 0. The van der Waals surface area contributed by atoms with E-state index in [9.17, 15) is 0 Å². The Morgan fingerprint density at radius 3 is 1.83 bits per heavy atom. The zero-order valence-corrected chi connectivity index (χ0v) is 24.9. The number of rotatable bonds is 5. The van der Waals surface area contributed by atoms with E-state index in [2.05, 4.69) is 86.3 Å². The average molecular weight is 548 g/mol. The molecule has 3 aromatic carbocycles. The normalized spacial score (nSPS) is 21.6. The maximum Gasteiger partial charge on any atom is 0.000935 e. The molecule has 0 saturated carbocycles. The van der Waals surface area contributed by atoms with Gasteiger partial charge in [-0.1, -0.05) is 62.8 Å². The molecule has 4 unspecified atom stereocenters. The van der Waals surface area contributed by atoms with Gasteiger partial charge in [0.2, 0.25) is 0 Å². The Morgan fingerprint density at radius 2 is 1.43 bits per heavy atom. The van der Waals surface area contributed by atoms with E-state index >= 15 is 0 Å². The maximum atomic E-state index is 3.67. The third-order valence-electron chi connectivity index (χ3n) is 7.67. The first kappa shape index (κ1) is 28.8. The molecule has 2 heterocycles. The maximum absolute atomic E-state index is 3.67. The van der Waals surface area contributed by atoms with Crippen molar-refractivity contribution in [3.05, 3.63) is 83.4 Å². The van der Waals surface area contributed by atoms with Gasteiger partial charge >= 0.3 is 0 Å². The van der Waals surface area contributed by atoms with Gasteiger partial charge in [-0.3, -0.25) is 0 Å². The molecule has 35 heavy (non-hydrogen) atoms. The molecule has 2 fully saturated rings. The Hall–Kier alpha value is -0.781. The van der Waals surface area contributed by atoms with Gasteiger partial charge in [0.25, 0.3) is 0 Å². The summed E-state index contributed by atoms with van der Waals surface area (Å²) in [5.41, 5.74) is 7.60.